The predicted octanol–water partition coefficient (Wildman–Crippen LogP) is 4.20. The number of carbonyl (C=O) groups is 2. The van der Waals surface area contributed by atoms with Gasteiger partial charge in [-0.15, -0.1) is 0 Å². The van der Waals surface area contributed by atoms with Crippen molar-refractivity contribution in [3.8, 4) is 5.75 Å². The van der Waals surface area contributed by atoms with Gasteiger partial charge in [0.25, 0.3) is 5.78 Å². The van der Waals surface area contributed by atoms with E-state index in [4.69, 9.17) is 0 Å². The number of imidazole rings is 1. The number of carbonyl (C=O) groups excluding carboxylic acids is 2. The van der Waals surface area contributed by atoms with E-state index in [-0.39, 0.29) is 23.0 Å². The summed E-state index contributed by atoms with van der Waals surface area (Å²) in [5.74, 6) is -1.75. The number of ketones is 1. The molecule has 7 heteroatoms. The van der Waals surface area contributed by atoms with E-state index in [1.807, 2.05) is 37.3 Å². The highest BCUT2D eigenvalue weighted by Crippen LogP contribution is 2.42. The Bertz CT molecular complexity index is 1370. The van der Waals surface area contributed by atoms with Crippen molar-refractivity contribution in [3.63, 3.8) is 0 Å². The van der Waals surface area contributed by atoms with Crippen LogP contribution in [0.1, 0.15) is 22.7 Å². The van der Waals surface area contributed by atoms with Crippen molar-refractivity contribution < 1.29 is 19.8 Å². The Labute approximate surface area is 183 Å². The van der Waals surface area contributed by atoms with E-state index in [1.54, 1.807) is 30.3 Å². The van der Waals surface area contributed by atoms with E-state index in [9.17, 15) is 19.8 Å². The molecule has 1 aromatic heterocycles. The second-order valence-corrected chi connectivity index (χ2v) is 7.71. The summed E-state index contributed by atoms with van der Waals surface area (Å²) in [4.78, 5) is 35.1. The molecule has 0 radical (unpaired) electrons. The fourth-order valence-corrected chi connectivity index (χ4v) is 3.98. The number of benzene rings is 3. The number of hydrogen-bond acceptors (Lipinski definition) is 5. The first-order valence-corrected chi connectivity index (χ1v) is 10.1. The van der Waals surface area contributed by atoms with Gasteiger partial charge in [-0.05, 0) is 36.8 Å². The Morgan fingerprint density at radius 3 is 2.47 bits per heavy atom. The van der Waals surface area contributed by atoms with Crippen LogP contribution < -0.4 is 4.90 Å². The summed E-state index contributed by atoms with van der Waals surface area (Å²) >= 11 is 0. The quantitative estimate of drug-likeness (QED) is 0.259. The minimum Gasteiger partial charge on any atom is -0.508 e. The molecule has 0 spiro atoms. The summed E-state index contributed by atoms with van der Waals surface area (Å²) in [6.45, 7) is 1.91. The van der Waals surface area contributed by atoms with Gasteiger partial charge < -0.3 is 15.2 Å². The number of Topliss-reactive ketones (excluding diaryl/α,β-unsaturated/α-hetero) is 1. The first-order chi connectivity index (χ1) is 15.4. The van der Waals surface area contributed by atoms with Crippen molar-refractivity contribution in [2.45, 2.75) is 13.0 Å². The molecule has 1 aliphatic heterocycles. The number of aromatic hydroxyl groups is 1. The monoisotopic (exact) mass is 425 g/mol. The number of rotatable bonds is 3. The fraction of sp³-hybridized carbons (Fsp3) is 0.0800. The van der Waals surface area contributed by atoms with Crippen molar-refractivity contribution in [1.29, 1.82) is 0 Å². The highest BCUT2D eigenvalue weighted by Gasteiger charge is 2.48. The lowest BCUT2D eigenvalue weighted by Crippen LogP contribution is -2.30. The zero-order chi connectivity index (χ0) is 22.4. The number of nitrogens with zero attached hydrogens (tertiary/aromatic N) is 2. The van der Waals surface area contributed by atoms with Crippen molar-refractivity contribution >= 4 is 34.4 Å². The SMILES string of the molecule is Cc1ccc(/C(O)=C2\C(=O)C(=O)N(c3nc4ccccc4[nH]3)C2c2cccc(O)c2)cc1. The number of aliphatic hydroxyl groups excluding tert-OH is 1. The van der Waals surface area contributed by atoms with Crippen LogP contribution in [0.2, 0.25) is 0 Å². The number of H-pyrrole nitrogens is 1. The van der Waals surface area contributed by atoms with E-state index in [1.165, 1.54) is 17.0 Å². The molecule has 3 aromatic carbocycles. The summed E-state index contributed by atoms with van der Waals surface area (Å²) in [5.41, 5.74) is 3.16. The third-order valence-electron chi connectivity index (χ3n) is 5.56. The number of anilines is 1. The average molecular weight is 425 g/mol. The summed E-state index contributed by atoms with van der Waals surface area (Å²) in [6.07, 6.45) is 0. The van der Waals surface area contributed by atoms with Gasteiger partial charge in [-0.25, -0.2) is 4.98 Å². The van der Waals surface area contributed by atoms with E-state index in [0.29, 0.717) is 22.2 Å². The summed E-state index contributed by atoms with van der Waals surface area (Å²) in [6, 6.07) is 19.6. The van der Waals surface area contributed by atoms with Crippen LogP contribution in [0.4, 0.5) is 5.95 Å². The molecule has 5 rings (SSSR count). The molecule has 1 amide bonds. The second kappa shape index (κ2) is 7.39. The lowest BCUT2D eigenvalue weighted by Gasteiger charge is -2.23. The third-order valence-corrected chi connectivity index (χ3v) is 5.56. The standard InChI is InChI=1S/C25H19N3O4/c1-14-9-11-15(12-10-14)22(30)20-21(16-5-4-6-17(29)13-16)28(24(32)23(20)31)25-26-18-7-2-3-8-19(18)27-25/h2-13,21,29-30H,1H3,(H,26,27)/b22-20+. The zero-order valence-corrected chi connectivity index (χ0v) is 17.1. The minimum atomic E-state index is -0.969. The van der Waals surface area contributed by atoms with Crippen LogP contribution in [0.25, 0.3) is 16.8 Å². The van der Waals surface area contributed by atoms with Crippen LogP contribution in [-0.2, 0) is 9.59 Å². The molecule has 1 fully saturated rings. The first-order valence-electron chi connectivity index (χ1n) is 10.1. The maximum absolute atomic E-state index is 13.2. The molecule has 2 heterocycles. The molecule has 32 heavy (non-hydrogen) atoms. The predicted molar refractivity (Wildman–Crippen MR) is 120 cm³/mol. The molecular weight excluding hydrogens is 406 g/mol. The summed E-state index contributed by atoms with van der Waals surface area (Å²) < 4.78 is 0. The molecule has 1 unspecified atom stereocenters. The van der Waals surface area contributed by atoms with E-state index in [2.05, 4.69) is 9.97 Å². The van der Waals surface area contributed by atoms with Gasteiger partial charge in [0.15, 0.2) is 0 Å². The molecule has 4 aromatic rings. The number of aromatic nitrogens is 2. The van der Waals surface area contributed by atoms with Gasteiger partial charge in [0.05, 0.1) is 22.6 Å². The minimum absolute atomic E-state index is 0.0203. The van der Waals surface area contributed by atoms with Crippen molar-refractivity contribution in [1.82, 2.24) is 9.97 Å². The summed E-state index contributed by atoms with van der Waals surface area (Å²) in [7, 11) is 0. The zero-order valence-electron chi connectivity index (χ0n) is 17.1. The number of phenols is 1. The number of aryl methyl sites for hydroxylation is 1. The van der Waals surface area contributed by atoms with Crippen molar-refractivity contribution in [2.24, 2.45) is 0 Å². The Kier molecular flexibility index (Phi) is 4.52. The van der Waals surface area contributed by atoms with E-state index in [0.717, 1.165) is 5.56 Å². The Morgan fingerprint density at radius 2 is 1.75 bits per heavy atom. The van der Waals surface area contributed by atoms with Crippen LogP contribution in [0, 0.1) is 6.92 Å². The molecular formula is C25H19N3O4. The number of nitrogens with one attached hydrogen (secondary N) is 1. The number of phenolic OH excluding ortho intramolecular Hbond substituents is 1. The van der Waals surface area contributed by atoms with Gasteiger partial charge in [0, 0.05) is 5.56 Å². The average Bonchev–Trinajstić information content (AvgIpc) is 3.32. The van der Waals surface area contributed by atoms with Crippen molar-refractivity contribution in [3.05, 3.63) is 95.1 Å². The number of para-hydroxylation sites is 2. The van der Waals surface area contributed by atoms with Gasteiger partial charge >= 0.3 is 5.91 Å². The smallest absolute Gasteiger partial charge is 0.302 e. The number of amides is 1. The molecule has 0 saturated carbocycles. The van der Waals surface area contributed by atoms with Crippen LogP contribution in [0.15, 0.2) is 78.4 Å². The molecule has 1 aliphatic rings. The van der Waals surface area contributed by atoms with Gasteiger partial charge in [-0.3, -0.25) is 14.5 Å². The molecule has 1 atom stereocenters. The summed E-state index contributed by atoms with van der Waals surface area (Å²) in [5, 5.41) is 21.2. The Morgan fingerprint density at radius 1 is 1.00 bits per heavy atom. The second-order valence-electron chi connectivity index (χ2n) is 7.71. The highest BCUT2D eigenvalue weighted by atomic mass is 16.3. The maximum Gasteiger partial charge on any atom is 0.302 e. The topological polar surface area (TPSA) is 107 Å². The molecule has 0 aliphatic carbocycles. The highest BCUT2D eigenvalue weighted by molar-refractivity contribution is 6.51. The third kappa shape index (κ3) is 3.11. The first kappa shape index (κ1) is 19.6. The van der Waals surface area contributed by atoms with Gasteiger partial charge in [0.1, 0.15) is 11.5 Å². The van der Waals surface area contributed by atoms with Crippen LogP contribution >= 0.6 is 0 Å². The van der Waals surface area contributed by atoms with Crippen LogP contribution in [0.3, 0.4) is 0 Å². The normalized spacial score (nSPS) is 17.9. The van der Waals surface area contributed by atoms with Crippen LogP contribution in [0.5, 0.6) is 5.75 Å². The molecule has 158 valence electrons. The Hall–Kier alpha value is -4.39. The van der Waals surface area contributed by atoms with Gasteiger partial charge in [-0.1, -0.05) is 54.1 Å². The largest absolute Gasteiger partial charge is 0.508 e. The lowest BCUT2D eigenvalue weighted by atomic mass is 9.95. The lowest BCUT2D eigenvalue weighted by molar-refractivity contribution is -0.132. The molecule has 7 nitrogen and oxygen atoms in total. The molecule has 1 saturated heterocycles. The fourth-order valence-electron chi connectivity index (χ4n) is 3.98. The molecule has 0 bridgehead atoms. The van der Waals surface area contributed by atoms with E-state index < -0.39 is 17.7 Å². The maximum atomic E-state index is 13.2. The number of hydrogen-bond donors (Lipinski definition) is 3. The van der Waals surface area contributed by atoms with E-state index >= 15 is 0 Å². The number of fused-ring (bicyclic) bond motifs is 1. The number of aliphatic hydroxyl groups is 1. The van der Waals surface area contributed by atoms with Crippen molar-refractivity contribution in [2.75, 3.05) is 4.90 Å². The number of aromatic amines is 1. The van der Waals surface area contributed by atoms with Crippen LogP contribution in [-0.4, -0.2) is 31.9 Å². The van der Waals surface area contributed by atoms with Gasteiger partial charge in [0.2, 0.25) is 5.95 Å². The Balaban J connectivity index is 1.74. The molecule has 3 N–H and O–H groups in total. The van der Waals surface area contributed by atoms with Gasteiger partial charge in [-0.2, -0.15) is 0 Å².